The Morgan fingerprint density at radius 3 is 2.58 bits per heavy atom. The van der Waals surface area contributed by atoms with Crippen LogP contribution >= 0.6 is 11.3 Å². The fraction of sp³-hybridized carbons (Fsp3) is 0.281. The minimum absolute atomic E-state index is 0.143. The SMILES string of the molecule is C=S(=O)(c1ccccc1)c1cnc(-c2cc3cnc(Nc4ccc(C5CCCCO5)cc4)nc3n(C3CCOC3)c2=O)s1. The molecule has 0 bridgehead atoms. The van der Waals surface area contributed by atoms with E-state index in [1.165, 1.54) is 17.8 Å². The summed E-state index contributed by atoms with van der Waals surface area (Å²) >= 11 is 1.22. The first-order valence-electron chi connectivity index (χ1n) is 14.3. The molecule has 43 heavy (non-hydrogen) atoms. The summed E-state index contributed by atoms with van der Waals surface area (Å²) in [6.07, 6.45) is 7.44. The van der Waals surface area contributed by atoms with E-state index in [0.717, 1.165) is 30.7 Å². The number of ether oxygens (including phenoxy) is 2. The van der Waals surface area contributed by atoms with Gasteiger partial charge in [-0.3, -0.25) is 13.6 Å². The van der Waals surface area contributed by atoms with Crippen LogP contribution in [0.15, 0.2) is 87.0 Å². The highest BCUT2D eigenvalue weighted by Crippen LogP contribution is 2.33. The molecule has 0 amide bonds. The number of aromatic nitrogens is 4. The van der Waals surface area contributed by atoms with Crippen molar-refractivity contribution in [3.63, 3.8) is 0 Å². The van der Waals surface area contributed by atoms with E-state index in [2.05, 4.69) is 33.3 Å². The van der Waals surface area contributed by atoms with E-state index in [1.807, 2.05) is 30.3 Å². The Hall–Kier alpha value is -3.90. The molecule has 2 saturated heterocycles. The van der Waals surface area contributed by atoms with Gasteiger partial charge in [-0.2, -0.15) is 4.98 Å². The highest BCUT2D eigenvalue weighted by atomic mass is 32.2. The lowest BCUT2D eigenvalue weighted by atomic mass is 10.0. The van der Waals surface area contributed by atoms with Gasteiger partial charge < -0.3 is 14.8 Å². The van der Waals surface area contributed by atoms with Crippen molar-refractivity contribution in [2.24, 2.45) is 0 Å². The van der Waals surface area contributed by atoms with Crippen molar-refractivity contribution in [1.29, 1.82) is 0 Å². The zero-order valence-corrected chi connectivity index (χ0v) is 25.1. The normalized spacial score (nSPS) is 20.2. The van der Waals surface area contributed by atoms with Crippen molar-refractivity contribution in [1.82, 2.24) is 19.5 Å². The van der Waals surface area contributed by atoms with Gasteiger partial charge >= 0.3 is 0 Å². The lowest BCUT2D eigenvalue weighted by molar-refractivity contribution is 0.0150. The average Bonchev–Trinajstić information content (AvgIpc) is 3.76. The van der Waals surface area contributed by atoms with Crippen molar-refractivity contribution in [3.05, 3.63) is 89.0 Å². The number of fused-ring (bicyclic) bond motifs is 1. The molecule has 3 atom stereocenters. The maximum Gasteiger partial charge on any atom is 0.262 e. The van der Waals surface area contributed by atoms with Crippen molar-refractivity contribution in [2.75, 3.05) is 25.1 Å². The molecule has 2 fully saturated rings. The number of nitrogens with zero attached hydrogens (tertiary/aromatic N) is 4. The summed E-state index contributed by atoms with van der Waals surface area (Å²) < 4.78 is 27.4. The van der Waals surface area contributed by atoms with Gasteiger partial charge in [-0.1, -0.05) is 30.3 Å². The smallest absolute Gasteiger partial charge is 0.262 e. The third-order valence-electron chi connectivity index (χ3n) is 7.93. The predicted molar refractivity (Wildman–Crippen MR) is 170 cm³/mol. The summed E-state index contributed by atoms with van der Waals surface area (Å²) in [5.41, 5.74) is 2.72. The third-order valence-corrected chi connectivity index (χ3v) is 11.6. The lowest BCUT2D eigenvalue weighted by Crippen LogP contribution is -2.27. The first-order chi connectivity index (χ1) is 21.0. The predicted octanol–water partition coefficient (Wildman–Crippen LogP) is 6.00. The molecule has 11 heteroatoms. The molecule has 0 spiro atoms. The van der Waals surface area contributed by atoms with E-state index in [9.17, 15) is 9.00 Å². The average molecular weight is 614 g/mol. The largest absolute Gasteiger partial charge is 0.379 e. The number of hydrogen-bond acceptors (Lipinski definition) is 9. The highest BCUT2D eigenvalue weighted by Gasteiger charge is 2.25. The second kappa shape index (κ2) is 11.6. The zero-order chi connectivity index (χ0) is 29.4. The number of pyridine rings is 1. The van der Waals surface area contributed by atoms with Crippen LogP contribution in [0.2, 0.25) is 0 Å². The van der Waals surface area contributed by atoms with Crippen LogP contribution in [0, 0.1) is 0 Å². The van der Waals surface area contributed by atoms with Crippen LogP contribution in [-0.2, 0) is 19.0 Å². The molecule has 3 aromatic heterocycles. The summed E-state index contributed by atoms with van der Waals surface area (Å²) in [5, 5.41) is 4.47. The molecule has 9 nitrogen and oxygen atoms in total. The van der Waals surface area contributed by atoms with E-state index < -0.39 is 9.52 Å². The third kappa shape index (κ3) is 5.49. The first-order valence-corrected chi connectivity index (χ1v) is 16.9. The van der Waals surface area contributed by atoms with E-state index in [-0.39, 0.29) is 17.7 Å². The Kier molecular flexibility index (Phi) is 7.56. The Labute approximate surface area is 253 Å². The molecule has 5 heterocycles. The molecule has 2 aromatic carbocycles. The van der Waals surface area contributed by atoms with Crippen molar-refractivity contribution in [2.45, 2.75) is 46.9 Å². The minimum atomic E-state index is -2.76. The van der Waals surface area contributed by atoms with Crippen molar-refractivity contribution < 1.29 is 13.7 Å². The molecule has 0 aliphatic carbocycles. The van der Waals surface area contributed by atoms with E-state index in [0.29, 0.717) is 56.3 Å². The van der Waals surface area contributed by atoms with Gasteiger partial charge in [0.05, 0.1) is 30.5 Å². The van der Waals surface area contributed by atoms with Crippen LogP contribution < -0.4 is 10.9 Å². The molecule has 3 unspecified atom stereocenters. The molecule has 0 saturated carbocycles. The zero-order valence-electron chi connectivity index (χ0n) is 23.5. The van der Waals surface area contributed by atoms with Crippen LogP contribution in [0.5, 0.6) is 0 Å². The van der Waals surface area contributed by atoms with Gasteiger partial charge in [0.25, 0.3) is 5.56 Å². The number of hydrogen-bond donors (Lipinski definition) is 1. The molecule has 5 aromatic rings. The monoisotopic (exact) mass is 613 g/mol. The Morgan fingerprint density at radius 2 is 1.84 bits per heavy atom. The fourth-order valence-corrected chi connectivity index (χ4v) is 8.38. The molecule has 2 aliphatic heterocycles. The Morgan fingerprint density at radius 1 is 1.00 bits per heavy atom. The van der Waals surface area contributed by atoms with Crippen LogP contribution in [0.25, 0.3) is 21.6 Å². The van der Waals surface area contributed by atoms with Crippen LogP contribution in [0.3, 0.4) is 0 Å². The maximum atomic E-state index is 14.1. The molecule has 220 valence electrons. The first kappa shape index (κ1) is 27.9. The number of nitrogens with one attached hydrogen (secondary N) is 1. The fourth-order valence-electron chi connectivity index (χ4n) is 5.60. The van der Waals surface area contributed by atoms with Crippen LogP contribution in [-0.4, -0.2) is 49.4 Å². The van der Waals surface area contributed by atoms with Gasteiger partial charge in [0.15, 0.2) is 0 Å². The quantitative estimate of drug-likeness (QED) is 0.223. The van der Waals surface area contributed by atoms with Crippen LogP contribution in [0.4, 0.5) is 11.6 Å². The summed E-state index contributed by atoms with van der Waals surface area (Å²) in [4.78, 5) is 28.6. The number of thiazole rings is 1. The van der Waals surface area contributed by atoms with Crippen LogP contribution in [0.1, 0.15) is 43.4 Å². The summed E-state index contributed by atoms with van der Waals surface area (Å²) in [6.45, 7) is 1.79. The molecule has 7 rings (SSSR count). The number of anilines is 2. The highest BCUT2D eigenvalue weighted by molar-refractivity contribution is 8.02. The number of rotatable bonds is 7. The van der Waals surface area contributed by atoms with Gasteiger partial charge in [0, 0.05) is 44.9 Å². The lowest BCUT2D eigenvalue weighted by Gasteiger charge is -2.23. The standard InChI is InChI=1S/C32H31N5O4S2/c1-43(39,25-7-3-2-4-8-25)28-19-33-30(42-28)26-17-22-18-34-32(36-29(22)37(31(26)38)24-14-16-40-20-24)35-23-12-10-21(11-13-23)27-9-5-6-15-41-27/h2-4,7-8,10-13,17-19,24,27H,1,5-6,9,14-16,20H2,(H,34,35,36). The summed E-state index contributed by atoms with van der Waals surface area (Å²) in [7, 11) is -2.76. The van der Waals surface area contributed by atoms with Crippen molar-refractivity contribution >= 4 is 49.4 Å². The second-order valence-electron chi connectivity index (χ2n) is 10.8. The van der Waals surface area contributed by atoms with E-state index in [4.69, 9.17) is 14.5 Å². The van der Waals surface area contributed by atoms with Gasteiger partial charge in [-0.25, -0.2) is 9.97 Å². The second-order valence-corrected chi connectivity index (χ2v) is 14.3. The summed E-state index contributed by atoms with van der Waals surface area (Å²) in [6, 6.07) is 18.8. The van der Waals surface area contributed by atoms with Crippen molar-refractivity contribution in [3.8, 4) is 10.6 Å². The molecule has 0 radical (unpaired) electrons. The van der Waals surface area contributed by atoms with Gasteiger partial charge in [0.1, 0.15) is 14.9 Å². The maximum absolute atomic E-state index is 14.1. The molecule has 1 N–H and O–H groups in total. The molecular weight excluding hydrogens is 583 g/mol. The topological polar surface area (TPSA) is 108 Å². The molecular formula is C32H31N5O4S2. The summed E-state index contributed by atoms with van der Waals surface area (Å²) in [5.74, 6) is 4.40. The van der Waals surface area contributed by atoms with Gasteiger partial charge in [-0.05, 0) is 67.4 Å². The Balaban J connectivity index is 1.24. The Bertz CT molecular complexity index is 1930. The van der Waals surface area contributed by atoms with Gasteiger partial charge in [-0.15, -0.1) is 11.3 Å². The van der Waals surface area contributed by atoms with Gasteiger partial charge in [0.2, 0.25) is 5.95 Å². The minimum Gasteiger partial charge on any atom is -0.379 e. The van der Waals surface area contributed by atoms with E-state index >= 15 is 0 Å². The van der Waals surface area contributed by atoms with E-state index in [1.54, 1.807) is 35.2 Å². The number of benzene rings is 2. The molecule has 2 aliphatic rings.